The summed E-state index contributed by atoms with van der Waals surface area (Å²) in [6, 6.07) is 2.01. The Labute approximate surface area is 128 Å². The summed E-state index contributed by atoms with van der Waals surface area (Å²) in [6.07, 6.45) is -4.68. The van der Waals surface area contributed by atoms with Gasteiger partial charge in [-0.15, -0.1) is 0 Å². The number of benzene rings is 1. The van der Waals surface area contributed by atoms with Crippen molar-refractivity contribution in [3.8, 4) is 0 Å². The van der Waals surface area contributed by atoms with Gasteiger partial charge in [0.2, 0.25) is 0 Å². The first kappa shape index (κ1) is 17.2. The maximum Gasteiger partial charge on any atom is 0.471 e. The molecule has 0 aliphatic carbocycles. The van der Waals surface area contributed by atoms with E-state index in [9.17, 15) is 31.5 Å². The van der Waals surface area contributed by atoms with Crippen molar-refractivity contribution in [1.82, 2.24) is 10.2 Å². The second-order valence-corrected chi connectivity index (χ2v) is 5.16. The van der Waals surface area contributed by atoms with Crippen LogP contribution >= 0.6 is 0 Å². The van der Waals surface area contributed by atoms with Crippen molar-refractivity contribution in [2.24, 2.45) is 0 Å². The van der Waals surface area contributed by atoms with Gasteiger partial charge in [0.25, 0.3) is 5.91 Å². The first-order chi connectivity index (χ1) is 10.7. The van der Waals surface area contributed by atoms with Crippen molar-refractivity contribution in [3.63, 3.8) is 0 Å². The summed E-state index contributed by atoms with van der Waals surface area (Å²) >= 11 is 0. The van der Waals surface area contributed by atoms with E-state index in [1.165, 1.54) is 0 Å². The van der Waals surface area contributed by atoms with E-state index in [4.69, 9.17) is 0 Å². The van der Waals surface area contributed by atoms with E-state index in [0.29, 0.717) is 11.0 Å². The molecule has 1 fully saturated rings. The van der Waals surface area contributed by atoms with Crippen molar-refractivity contribution >= 4 is 11.8 Å². The lowest BCUT2D eigenvalue weighted by atomic mass is 10.0. The molecular formula is C14H13F5N2O2. The number of rotatable bonds is 2. The van der Waals surface area contributed by atoms with Gasteiger partial charge in [-0.2, -0.15) is 13.2 Å². The SMILES string of the molecule is O=C(NC1CCN(C(=O)C(F)(F)F)CC1)c1ccc(F)cc1F. The highest BCUT2D eigenvalue weighted by atomic mass is 19.4. The molecule has 2 rings (SSSR count). The van der Waals surface area contributed by atoms with Gasteiger partial charge < -0.3 is 10.2 Å². The molecule has 1 aromatic rings. The minimum Gasteiger partial charge on any atom is -0.349 e. The van der Waals surface area contributed by atoms with Gasteiger partial charge in [0.1, 0.15) is 11.6 Å². The Morgan fingerprint density at radius 2 is 1.74 bits per heavy atom. The third-order valence-electron chi connectivity index (χ3n) is 3.54. The fraction of sp³-hybridized carbons (Fsp3) is 0.429. The summed E-state index contributed by atoms with van der Waals surface area (Å²) in [5.74, 6) is -4.53. The first-order valence-corrected chi connectivity index (χ1v) is 6.80. The van der Waals surface area contributed by atoms with Gasteiger partial charge in [-0.1, -0.05) is 0 Å². The molecule has 0 atom stereocenters. The molecule has 0 unspecified atom stereocenters. The van der Waals surface area contributed by atoms with E-state index in [2.05, 4.69) is 5.32 Å². The van der Waals surface area contributed by atoms with Crippen LogP contribution in [0, 0.1) is 11.6 Å². The van der Waals surface area contributed by atoms with Crippen LogP contribution in [0.15, 0.2) is 18.2 Å². The average molecular weight is 336 g/mol. The Morgan fingerprint density at radius 3 is 2.26 bits per heavy atom. The number of alkyl halides is 3. The van der Waals surface area contributed by atoms with Crippen LogP contribution in [0.4, 0.5) is 22.0 Å². The number of piperidine rings is 1. The van der Waals surface area contributed by atoms with Crippen LogP contribution in [0.1, 0.15) is 23.2 Å². The van der Waals surface area contributed by atoms with E-state index in [-0.39, 0.29) is 31.5 Å². The lowest BCUT2D eigenvalue weighted by Gasteiger charge is -2.32. The van der Waals surface area contributed by atoms with Crippen LogP contribution in [-0.2, 0) is 4.79 Å². The normalized spacial score (nSPS) is 16.3. The van der Waals surface area contributed by atoms with Crippen LogP contribution < -0.4 is 5.32 Å². The number of halogens is 5. The maximum absolute atomic E-state index is 13.5. The third kappa shape index (κ3) is 4.17. The zero-order valence-electron chi connectivity index (χ0n) is 11.8. The highest BCUT2D eigenvalue weighted by Gasteiger charge is 2.43. The number of nitrogens with zero attached hydrogens (tertiary/aromatic N) is 1. The monoisotopic (exact) mass is 336 g/mol. The zero-order valence-corrected chi connectivity index (χ0v) is 11.8. The quantitative estimate of drug-likeness (QED) is 0.842. The van der Waals surface area contributed by atoms with Crippen molar-refractivity contribution in [1.29, 1.82) is 0 Å². The molecule has 4 nitrogen and oxygen atoms in total. The van der Waals surface area contributed by atoms with E-state index < -0.39 is 35.7 Å². The number of hydrogen-bond acceptors (Lipinski definition) is 2. The minimum atomic E-state index is -4.92. The molecule has 0 spiro atoms. The highest BCUT2D eigenvalue weighted by Crippen LogP contribution is 2.21. The molecular weight excluding hydrogens is 323 g/mol. The molecule has 23 heavy (non-hydrogen) atoms. The van der Waals surface area contributed by atoms with Gasteiger partial charge in [0, 0.05) is 25.2 Å². The number of amides is 2. The van der Waals surface area contributed by atoms with Gasteiger partial charge in [0.05, 0.1) is 5.56 Å². The molecule has 0 bridgehead atoms. The van der Waals surface area contributed by atoms with Crippen LogP contribution in [0.3, 0.4) is 0 Å². The number of carbonyl (C=O) groups is 2. The largest absolute Gasteiger partial charge is 0.471 e. The smallest absolute Gasteiger partial charge is 0.349 e. The Balaban J connectivity index is 1.91. The van der Waals surface area contributed by atoms with Crippen molar-refractivity contribution < 1.29 is 31.5 Å². The molecule has 1 N–H and O–H groups in total. The van der Waals surface area contributed by atoms with Crippen molar-refractivity contribution in [2.75, 3.05) is 13.1 Å². The number of hydrogen-bond donors (Lipinski definition) is 1. The highest BCUT2D eigenvalue weighted by molar-refractivity contribution is 5.94. The third-order valence-corrected chi connectivity index (χ3v) is 3.54. The Kier molecular flexibility index (Phi) is 4.86. The lowest BCUT2D eigenvalue weighted by Crippen LogP contribution is -2.50. The fourth-order valence-corrected chi connectivity index (χ4v) is 2.34. The predicted molar refractivity (Wildman–Crippen MR) is 69.5 cm³/mol. The topological polar surface area (TPSA) is 49.4 Å². The van der Waals surface area contributed by atoms with Crippen LogP contribution in [0.25, 0.3) is 0 Å². The fourth-order valence-electron chi connectivity index (χ4n) is 2.34. The predicted octanol–water partition coefficient (Wildman–Crippen LogP) is 2.25. The Hall–Kier alpha value is -2.19. The Bertz CT molecular complexity index is 610. The molecule has 0 saturated carbocycles. The van der Waals surface area contributed by atoms with E-state index in [1.807, 2.05) is 0 Å². The van der Waals surface area contributed by atoms with Gasteiger partial charge in [-0.25, -0.2) is 8.78 Å². The summed E-state index contributed by atoms with van der Waals surface area (Å²) in [6.45, 7) is -0.315. The van der Waals surface area contributed by atoms with Gasteiger partial charge in [0.15, 0.2) is 0 Å². The molecule has 9 heteroatoms. The maximum atomic E-state index is 13.5. The zero-order chi connectivity index (χ0) is 17.2. The van der Waals surface area contributed by atoms with E-state index in [0.717, 1.165) is 12.1 Å². The molecule has 126 valence electrons. The second-order valence-electron chi connectivity index (χ2n) is 5.16. The van der Waals surface area contributed by atoms with Gasteiger partial charge >= 0.3 is 12.1 Å². The van der Waals surface area contributed by atoms with Crippen LogP contribution in [0.2, 0.25) is 0 Å². The number of likely N-dealkylation sites (tertiary alicyclic amines) is 1. The van der Waals surface area contributed by atoms with E-state index in [1.54, 1.807) is 0 Å². The first-order valence-electron chi connectivity index (χ1n) is 6.80. The van der Waals surface area contributed by atoms with Crippen molar-refractivity contribution in [2.45, 2.75) is 25.1 Å². The molecule has 1 aliphatic rings. The van der Waals surface area contributed by atoms with Gasteiger partial charge in [-0.05, 0) is 25.0 Å². The molecule has 2 amide bonds. The molecule has 1 aliphatic heterocycles. The molecule has 0 aromatic heterocycles. The second kappa shape index (κ2) is 6.51. The number of carbonyl (C=O) groups excluding carboxylic acids is 2. The summed E-state index contributed by atoms with van der Waals surface area (Å²) in [4.78, 5) is 23.6. The summed E-state index contributed by atoms with van der Waals surface area (Å²) in [5.41, 5.74) is -0.347. The summed E-state index contributed by atoms with van der Waals surface area (Å²) in [5, 5.41) is 2.47. The number of nitrogens with one attached hydrogen (secondary N) is 1. The van der Waals surface area contributed by atoms with Gasteiger partial charge in [-0.3, -0.25) is 9.59 Å². The van der Waals surface area contributed by atoms with E-state index >= 15 is 0 Å². The lowest BCUT2D eigenvalue weighted by molar-refractivity contribution is -0.186. The standard InChI is InChI=1S/C14H13F5N2O2/c15-8-1-2-10(11(16)7-8)12(22)20-9-3-5-21(6-4-9)13(23)14(17,18)19/h1-2,7,9H,3-6H2,(H,20,22). The summed E-state index contributed by atoms with van der Waals surface area (Å²) < 4.78 is 63.2. The molecule has 1 heterocycles. The average Bonchev–Trinajstić information content (AvgIpc) is 2.46. The molecule has 1 saturated heterocycles. The molecule has 1 aromatic carbocycles. The molecule has 0 radical (unpaired) electrons. The Morgan fingerprint density at radius 1 is 1.13 bits per heavy atom. The summed E-state index contributed by atoms with van der Waals surface area (Å²) in [7, 11) is 0. The van der Waals surface area contributed by atoms with Crippen LogP contribution in [0.5, 0.6) is 0 Å². The van der Waals surface area contributed by atoms with Crippen molar-refractivity contribution in [3.05, 3.63) is 35.4 Å². The minimum absolute atomic E-state index is 0.121. The van der Waals surface area contributed by atoms with Crippen LogP contribution in [-0.4, -0.2) is 42.0 Å².